The lowest BCUT2D eigenvalue weighted by Gasteiger charge is -2.33. The van der Waals surface area contributed by atoms with Crippen LogP contribution in [0.1, 0.15) is 5.56 Å². The van der Waals surface area contributed by atoms with Gasteiger partial charge in [-0.25, -0.2) is 4.79 Å². The van der Waals surface area contributed by atoms with Crippen LogP contribution in [-0.2, 0) is 11.3 Å². The van der Waals surface area contributed by atoms with Crippen LogP contribution >= 0.6 is 0 Å². The van der Waals surface area contributed by atoms with Crippen LogP contribution in [0.15, 0.2) is 24.5 Å². The van der Waals surface area contributed by atoms with Gasteiger partial charge in [0.2, 0.25) is 0 Å². The molecule has 0 spiro atoms. The van der Waals surface area contributed by atoms with E-state index >= 15 is 0 Å². The highest BCUT2D eigenvalue weighted by Crippen LogP contribution is 2.08. The van der Waals surface area contributed by atoms with E-state index in [9.17, 15) is 4.79 Å². The summed E-state index contributed by atoms with van der Waals surface area (Å²) >= 11 is 0. The Kier molecular flexibility index (Phi) is 5.11. The molecule has 6 heteroatoms. The third kappa shape index (κ3) is 4.18. The fourth-order valence-corrected chi connectivity index (χ4v) is 2.06. The van der Waals surface area contributed by atoms with Crippen molar-refractivity contribution in [3.63, 3.8) is 0 Å². The Bertz CT molecular complexity index is 391. The lowest BCUT2D eigenvalue weighted by Crippen LogP contribution is -2.48. The fourth-order valence-electron chi connectivity index (χ4n) is 2.06. The maximum absolute atomic E-state index is 11.6. The number of carbonyl (C=O) groups is 1. The monoisotopic (exact) mass is 265 g/mol. The molecule has 104 valence electrons. The average molecular weight is 265 g/mol. The topological polar surface area (TPSA) is 65.9 Å². The number of ether oxygens (including phenoxy) is 1. The molecule has 2 rings (SSSR count). The van der Waals surface area contributed by atoms with E-state index in [1.165, 1.54) is 5.56 Å². The fraction of sp³-hybridized carbons (Fsp3) is 0.538. The zero-order valence-electron chi connectivity index (χ0n) is 10.9. The predicted octanol–water partition coefficient (Wildman–Crippen LogP) is 0.328. The third-order valence-electron chi connectivity index (χ3n) is 3.08. The summed E-state index contributed by atoms with van der Waals surface area (Å²) in [5, 5.41) is 8.61. The number of hydrogen-bond acceptors (Lipinski definition) is 5. The van der Waals surface area contributed by atoms with Gasteiger partial charge in [0.1, 0.15) is 6.61 Å². The highest BCUT2D eigenvalue weighted by molar-refractivity contribution is 5.67. The van der Waals surface area contributed by atoms with Crippen molar-refractivity contribution in [2.45, 2.75) is 6.54 Å². The number of aliphatic hydroxyl groups is 1. The number of carbonyl (C=O) groups excluding carboxylic acids is 1. The molecule has 0 radical (unpaired) electrons. The van der Waals surface area contributed by atoms with Gasteiger partial charge in [-0.05, 0) is 11.6 Å². The summed E-state index contributed by atoms with van der Waals surface area (Å²) in [7, 11) is 0. The largest absolute Gasteiger partial charge is 0.447 e. The van der Waals surface area contributed by atoms with Gasteiger partial charge >= 0.3 is 6.09 Å². The summed E-state index contributed by atoms with van der Waals surface area (Å²) in [5.41, 5.74) is 1.18. The second-order valence-electron chi connectivity index (χ2n) is 4.46. The average Bonchev–Trinajstić information content (AvgIpc) is 2.46. The predicted molar refractivity (Wildman–Crippen MR) is 69.5 cm³/mol. The summed E-state index contributed by atoms with van der Waals surface area (Å²) in [6.07, 6.45) is 3.29. The minimum atomic E-state index is -0.338. The van der Waals surface area contributed by atoms with Gasteiger partial charge in [-0.3, -0.25) is 9.88 Å². The van der Waals surface area contributed by atoms with Crippen LogP contribution in [0, 0.1) is 0 Å². The molecule has 1 amide bonds. The molecule has 1 fully saturated rings. The van der Waals surface area contributed by atoms with Crippen molar-refractivity contribution in [3.8, 4) is 0 Å². The van der Waals surface area contributed by atoms with E-state index in [1.807, 2.05) is 12.3 Å². The molecule has 0 bridgehead atoms. The van der Waals surface area contributed by atoms with Crippen molar-refractivity contribution in [2.75, 3.05) is 39.4 Å². The molecule has 0 unspecified atom stereocenters. The number of rotatable bonds is 4. The molecule has 1 aromatic rings. The molecule has 0 aliphatic carbocycles. The lowest BCUT2D eigenvalue weighted by molar-refractivity contribution is 0.0630. The van der Waals surface area contributed by atoms with Crippen LogP contribution < -0.4 is 0 Å². The van der Waals surface area contributed by atoms with Gasteiger partial charge in [0, 0.05) is 45.1 Å². The van der Waals surface area contributed by atoms with Crippen LogP contribution in [0.3, 0.4) is 0 Å². The lowest BCUT2D eigenvalue weighted by atomic mass is 10.2. The number of amides is 1. The van der Waals surface area contributed by atoms with E-state index in [4.69, 9.17) is 9.84 Å². The quantitative estimate of drug-likeness (QED) is 0.849. The van der Waals surface area contributed by atoms with Crippen LogP contribution in [-0.4, -0.2) is 65.4 Å². The zero-order valence-corrected chi connectivity index (χ0v) is 10.9. The summed E-state index contributed by atoms with van der Waals surface area (Å²) in [5.74, 6) is 0. The maximum Gasteiger partial charge on any atom is 0.409 e. The Balaban J connectivity index is 1.75. The Hall–Kier alpha value is -1.66. The van der Waals surface area contributed by atoms with Crippen LogP contribution in [0.4, 0.5) is 4.79 Å². The zero-order chi connectivity index (χ0) is 13.5. The molecule has 0 atom stereocenters. The molecular formula is C13H19N3O3. The van der Waals surface area contributed by atoms with Crippen LogP contribution in [0.2, 0.25) is 0 Å². The SMILES string of the molecule is O=C(OCCO)N1CCN(Cc2cccnc2)CC1. The van der Waals surface area contributed by atoms with Gasteiger partial charge in [0.05, 0.1) is 6.61 Å². The molecule has 1 saturated heterocycles. The van der Waals surface area contributed by atoms with Crippen molar-refractivity contribution in [3.05, 3.63) is 30.1 Å². The molecular weight excluding hydrogens is 246 g/mol. The first-order chi connectivity index (χ1) is 9.29. The van der Waals surface area contributed by atoms with Gasteiger partial charge in [-0.2, -0.15) is 0 Å². The number of aliphatic hydroxyl groups excluding tert-OH is 1. The first-order valence-electron chi connectivity index (χ1n) is 6.43. The molecule has 0 saturated carbocycles. The van der Waals surface area contributed by atoms with Crippen molar-refractivity contribution < 1.29 is 14.6 Å². The van der Waals surface area contributed by atoms with Crippen molar-refractivity contribution in [2.24, 2.45) is 0 Å². The van der Waals surface area contributed by atoms with Crippen LogP contribution in [0.25, 0.3) is 0 Å². The summed E-state index contributed by atoms with van der Waals surface area (Å²) in [4.78, 5) is 19.6. The van der Waals surface area contributed by atoms with E-state index < -0.39 is 0 Å². The van der Waals surface area contributed by atoms with E-state index in [2.05, 4.69) is 16.0 Å². The van der Waals surface area contributed by atoms with E-state index in [0.717, 1.165) is 19.6 Å². The van der Waals surface area contributed by atoms with Crippen LogP contribution in [0.5, 0.6) is 0 Å². The van der Waals surface area contributed by atoms with Crippen molar-refractivity contribution in [1.29, 1.82) is 0 Å². The van der Waals surface area contributed by atoms with E-state index in [1.54, 1.807) is 11.1 Å². The Morgan fingerprint density at radius 1 is 1.37 bits per heavy atom. The van der Waals surface area contributed by atoms with Crippen molar-refractivity contribution >= 4 is 6.09 Å². The van der Waals surface area contributed by atoms with Gasteiger partial charge in [-0.1, -0.05) is 6.07 Å². The molecule has 1 aliphatic rings. The summed E-state index contributed by atoms with van der Waals surface area (Å²) < 4.78 is 4.89. The Morgan fingerprint density at radius 2 is 2.16 bits per heavy atom. The molecule has 1 aromatic heterocycles. The smallest absolute Gasteiger partial charge is 0.409 e. The maximum atomic E-state index is 11.6. The molecule has 0 aromatic carbocycles. The minimum absolute atomic E-state index is 0.0642. The second kappa shape index (κ2) is 7.06. The van der Waals surface area contributed by atoms with Gasteiger partial charge in [-0.15, -0.1) is 0 Å². The minimum Gasteiger partial charge on any atom is -0.447 e. The molecule has 2 heterocycles. The van der Waals surface area contributed by atoms with Gasteiger partial charge < -0.3 is 14.7 Å². The highest BCUT2D eigenvalue weighted by atomic mass is 16.6. The Morgan fingerprint density at radius 3 is 2.79 bits per heavy atom. The number of piperazine rings is 1. The van der Waals surface area contributed by atoms with E-state index in [-0.39, 0.29) is 19.3 Å². The summed E-state index contributed by atoms with van der Waals surface area (Å²) in [6, 6.07) is 3.98. The normalized spacial score (nSPS) is 16.4. The number of hydrogen-bond donors (Lipinski definition) is 1. The number of nitrogens with zero attached hydrogens (tertiary/aromatic N) is 3. The molecule has 19 heavy (non-hydrogen) atoms. The Labute approximate surface area is 112 Å². The molecule has 1 N–H and O–H groups in total. The standard InChI is InChI=1S/C13H19N3O3/c17-8-9-19-13(18)16-6-4-15(5-7-16)11-12-2-1-3-14-10-12/h1-3,10,17H,4-9,11H2. The third-order valence-corrected chi connectivity index (χ3v) is 3.08. The molecule has 1 aliphatic heterocycles. The first-order valence-corrected chi connectivity index (χ1v) is 6.43. The van der Waals surface area contributed by atoms with Gasteiger partial charge in [0.15, 0.2) is 0 Å². The number of aromatic nitrogens is 1. The second-order valence-corrected chi connectivity index (χ2v) is 4.46. The van der Waals surface area contributed by atoms with E-state index in [0.29, 0.717) is 13.1 Å². The van der Waals surface area contributed by atoms with Crippen molar-refractivity contribution in [1.82, 2.24) is 14.8 Å². The number of pyridine rings is 1. The first kappa shape index (κ1) is 13.8. The highest BCUT2D eigenvalue weighted by Gasteiger charge is 2.21. The molecule has 6 nitrogen and oxygen atoms in total. The van der Waals surface area contributed by atoms with Gasteiger partial charge in [0.25, 0.3) is 0 Å². The summed E-state index contributed by atoms with van der Waals surface area (Å²) in [6.45, 7) is 3.75.